The van der Waals surface area contributed by atoms with Gasteiger partial charge in [-0.2, -0.15) is 0 Å². The van der Waals surface area contributed by atoms with Crippen molar-refractivity contribution in [1.82, 2.24) is 4.98 Å². The summed E-state index contributed by atoms with van der Waals surface area (Å²) < 4.78 is 4.80. The van der Waals surface area contributed by atoms with Crippen molar-refractivity contribution in [3.8, 4) is 0 Å². The van der Waals surface area contributed by atoms with Crippen LogP contribution >= 0.6 is 11.3 Å². The number of nitrogens with two attached hydrogens (primary N) is 1. The van der Waals surface area contributed by atoms with Gasteiger partial charge in [0, 0.05) is 6.92 Å². The van der Waals surface area contributed by atoms with E-state index in [4.69, 9.17) is 10.5 Å². The molecule has 1 aromatic rings. The van der Waals surface area contributed by atoms with Gasteiger partial charge in [0.25, 0.3) is 0 Å². The highest BCUT2D eigenvalue weighted by Gasteiger charge is 2.05. The van der Waals surface area contributed by atoms with Crippen LogP contribution in [0.3, 0.4) is 0 Å². The lowest BCUT2D eigenvalue weighted by Gasteiger charge is -1.97. The molecule has 1 aromatic heterocycles. The average Bonchev–Trinajstić information content (AvgIpc) is 2.26. The van der Waals surface area contributed by atoms with Crippen molar-refractivity contribution in [2.45, 2.75) is 20.5 Å². The van der Waals surface area contributed by atoms with Crippen LogP contribution in [0.4, 0.5) is 5.13 Å². The Morgan fingerprint density at radius 2 is 2.42 bits per heavy atom. The molecule has 2 N–H and O–H groups in total. The number of carbonyl (C=O) groups is 1. The second-order valence-corrected chi connectivity index (χ2v) is 3.46. The van der Waals surface area contributed by atoms with E-state index in [1.165, 1.54) is 18.3 Å². The van der Waals surface area contributed by atoms with E-state index in [-0.39, 0.29) is 12.6 Å². The van der Waals surface area contributed by atoms with E-state index >= 15 is 0 Å². The molecule has 0 aromatic carbocycles. The van der Waals surface area contributed by atoms with Gasteiger partial charge in [0.2, 0.25) is 0 Å². The van der Waals surface area contributed by atoms with Gasteiger partial charge >= 0.3 is 5.97 Å². The molecule has 0 radical (unpaired) electrons. The number of carbonyl (C=O) groups excluding carboxylic acids is 1. The van der Waals surface area contributed by atoms with Crippen molar-refractivity contribution in [3.63, 3.8) is 0 Å². The van der Waals surface area contributed by atoms with E-state index in [1.807, 2.05) is 6.92 Å². The molecule has 0 fully saturated rings. The van der Waals surface area contributed by atoms with Gasteiger partial charge in [-0.15, -0.1) is 0 Å². The van der Waals surface area contributed by atoms with E-state index in [2.05, 4.69) is 4.98 Å². The Morgan fingerprint density at radius 1 is 1.75 bits per heavy atom. The minimum absolute atomic E-state index is 0.274. The third-order valence-corrected chi connectivity index (χ3v) is 2.28. The zero-order chi connectivity index (χ0) is 9.14. The number of ether oxygens (including phenoxy) is 1. The van der Waals surface area contributed by atoms with Gasteiger partial charge in [-0.1, -0.05) is 11.3 Å². The fourth-order valence-electron chi connectivity index (χ4n) is 0.752. The summed E-state index contributed by atoms with van der Waals surface area (Å²) in [7, 11) is 0. The zero-order valence-corrected chi connectivity index (χ0v) is 7.77. The summed E-state index contributed by atoms with van der Waals surface area (Å²) in [6, 6.07) is 0. The lowest BCUT2D eigenvalue weighted by atomic mass is 10.4. The van der Waals surface area contributed by atoms with Crippen molar-refractivity contribution in [1.29, 1.82) is 0 Å². The fraction of sp³-hybridized carbons (Fsp3) is 0.429. The first-order valence-electron chi connectivity index (χ1n) is 3.44. The molecule has 0 atom stereocenters. The minimum Gasteiger partial charge on any atom is -0.460 e. The molecule has 0 amide bonds. The fourth-order valence-corrected chi connectivity index (χ4v) is 1.50. The highest BCUT2D eigenvalue weighted by Crippen LogP contribution is 2.20. The molecule has 4 nitrogen and oxygen atoms in total. The molecule has 0 saturated heterocycles. The molecule has 1 rings (SSSR count). The first-order chi connectivity index (χ1) is 5.59. The predicted octanol–water partition coefficient (Wildman–Crippen LogP) is 1.10. The highest BCUT2D eigenvalue weighted by molar-refractivity contribution is 7.15. The van der Waals surface area contributed by atoms with Crippen molar-refractivity contribution in [2.75, 3.05) is 5.73 Å². The second-order valence-electron chi connectivity index (χ2n) is 2.34. The van der Waals surface area contributed by atoms with Crippen LogP contribution in [0.15, 0.2) is 0 Å². The van der Waals surface area contributed by atoms with Gasteiger partial charge in [-0.05, 0) is 6.92 Å². The Hall–Kier alpha value is -1.10. The number of thiazole rings is 1. The van der Waals surface area contributed by atoms with E-state index in [9.17, 15) is 4.79 Å². The van der Waals surface area contributed by atoms with Gasteiger partial charge in [0.15, 0.2) is 5.13 Å². The van der Waals surface area contributed by atoms with Crippen LogP contribution < -0.4 is 5.73 Å². The molecule has 1 heterocycles. The Morgan fingerprint density at radius 3 is 2.83 bits per heavy atom. The Balaban J connectivity index is 2.62. The molecule has 0 unspecified atom stereocenters. The van der Waals surface area contributed by atoms with E-state index < -0.39 is 0 Å². The van der Waals surface area contributed by atoms with Crippen molar-refractivity contribution >= 4 is 22.4 Å². The number of nitrogens with zero attached hydrogens (tertiary/aromatic N) is 1. The standard InChI is InChI=1S/C7H10N2O2S/c1-4-6(3-11-5(2)10)12-7(8)9-4/h3H2,1-2H3,(H2,8,9). The summed E-state index contributed by atoms with van der Waals surface area (Å²) >= 11 is 1.35. The van der Waals surface area contributed by atoms with Crippen LogP contribution in [0.2, 0.25) is 0 Å². The lowest BCUT2D eigenvalue weighted by molar-refractivity contribution is -0.142. The monoisotopic (exact) mass is 186 g/mol. The summed E-state index contributed by atoms with van der Waals surface area (Å²) in [5, 5.41) is 0.509. The Bertz CT molecular complexity index is 296. The Labute approximate surface area is 74.4 Å². The third kappa shape index (κ3) is 2.20. The molecule has 0 spiro atoms. The van der Waals surface area contributed by atoms with Gasteiger partial charge in [-0.25, -0.2) is 4.98 Å². The molecule has 0 saturated carbocycles. The van der Waals surface area contributed by atoms with Gasteiger partial charge in [0.05, 0.1) is 10.6 Å². The summed E-state index contributed by atoms with van der Waals surface area (Å²) in [5.74, 6) is -0.290. The van der Waals surface area contributed by atoms with Crippen LogP contribution in [0.1, 0.15) is 17.5 Å². The van der Waals surface area contributed by atoms with E-state index in [0.29, 0.717) is 5.13 Å². The molecular weight excluding hydrogens is 176 g/mol. The molecule has 12 heavy (non-hydrogen) atoms. The topological polar surface area (TPSA) is 65.2 Å². The number of nitrogen functional groups attached to an aromatic ring is 1. The molecular formula is C7H10N2O2S. The number of hydrogen-bond acceptors (Lipinski definition) is 5. The quantitative estimate of drug-likeness (QED) is 0.702. The predicted molar refractivity (Wildman–Crippen MR) is 46.7 cm³/mol. The van der Waals surface area contributed by atoms with Crippen LogP contribution in [-0.4, -0.2) is 11.0 Å². The number of aromatic nitrogens is 1. The number of hydrogen-bond donors (Lipinski definition) is 1. The highest BCUT2D eigenvalue weighted by atomic mass is 32.1. The molecule has 0 aliphatic rings. The minimum atomic E-state index is -0.290. The van der Waals surface area contributed by atoms with Crippen LogP contribution in [-0.2, 0) is 16.1 Å². The van der Waals surface area contributed by atoms with Crippen molar-refractivity contribution in [2.24, 2.45) is 0 Å². The smallest absolute Gasteiger partial charge is 0.302 e. The van der Waals surface area contributed by atoms with Crippen LogP contribution in [0, 0.1) is 6.92 Å². The maximum Gasteiger partial charge on any atom is 0.302 e. The number of aryl methyl sites for hydroxylation is 1. The summed E-state index contributed by atoms with van der Waals surface area (Å²) in [6.45, 7) is 3.49. The third-order valence-electron chi connectivity index (χ3n) is 1.32. The van der Waals surface area contributed by atoms with E-state index in [0.717, 1.165) is 10.6 Å². The number of rotatable bonds is 2. The molecule has 0 aliphatic carbocycles. The van der Waals surface area contributed by atoms with Crippen LogP contribution in [0.25, 0.3) is 0 Å². The van der Waals surface area contributed by atoms with Gasteiger partial charge in [-0.3, -0.25) is 4.79 Å². The normalized spacial score (nSPS) is 9.83. The number of esters is 1. The number of anilines is 1. The molecule has 0 bridgehead atoms. The summed E-state index contributed by atoms with van der Waals surface area (Å²) in [4.78, 5) is 15.4. The zero-order valence-electron chi connectivity index (χ0n) is 6.96. The summed E-state index contributed by atoms with van der Waals surface area (Å²) in [5.41, 5.74) is 6.28. The SMILES string of the molecule is CC(=O)OCc1sc(N)nc1C. The largest absolute Gasteiger partial charge is 0.460 e. The van der Waals surface area contributed by atoms with E-state index in [1.54, 1.807) is 0 Å². The molecule has 5 heteroatoms. The van der Waals surface area contributed by atoms with Crippen molar-refractivity contribution < 1.29 is 9.53 Å². The average molecular weight is 186 g/mol. The Kier molecular flexibility index (Phi) is 2.65. The first kappa shape index (κ1) is 8.99. The molecule has 66 valence electrons. The lowest BCUT2D eigenvalue weighted by Crippen LogP contribution is -1.98. The van der Waals surface area contributed by atoms with Crippen molar-refractivity contribution in [3.05, 3.63) is 10.6 Å². The maximum atomic E-state index is 10.5. The van der Waals surface area contributed by atoms with Gasteiger partial charge < -0.3 is 10.5 Å². The second kappa shape index (κ2) is 3.53. The summed E-state index contributed by atoms with van der Waals surface area (Å²) in [6.07, 6.45) is 0. The molecule has 0 aliphatic heterocycles. The van der Waals surface area contributed by atoms with Crippen LogP contribution in [0.5, 0.6) is 0 Å². The van der Waals surface area contributed by atoms with Gasteiger partial charge in [0.1, 0.15) is 6.61 Å². The maximum absolute atomic E-state index is 10.5. The first-order valence-corrected chi connectivity index (χ1v) is 4.26.